The summed E-state index contributed by atoms with van der Waals surface area (Å²) in [4.78, 5) is 3.98. The highest BCUT2D eigenvalue weighted by atomic mass is 16.5. The summed E-state index contributed by atoms with van der Waals surface area (Å²) in [5, 5.41) is 0. The second kappa shape index (κ2) is 6.67. The first-order valence-electron chi connectivity index (χ1n) is 6.54. The second-order valence-corrected chi connectivity index (χ2v) is 4.48. The van der Waals surface area contributed by atoms with Gasteiger partial charge >= 0.3 is 0 Å². The van der Waals surface area contributed by atoms with Gasteiger partial charge in [0.15, 0.2) is 11.5 Å². The molecule has 22 heavy (non-hydrogen) atoms. The zero-order valence-corrected chi connectivity index (χ0v) is 12.6. The van der Waals surface area contributed by atoms with Crippen LogP contribution < -0.4 is 19.9 Å². The summed E-state index contributed by atoms with van der Waals surface area (Å²) >= 11 is 0. The Hall–Kier alpha value is -2.95. The molecule has 0 bridgehead atoms. The zero-order valence-electron chi connectivity index (χ0n) is 12.6. The molecule has 0 atom stereocenters. The summed E-state index contributed by atoms with van der Waals surface area (Å²) in [6, 6.07) is 10.5. The van der Waals surface area contributed by atoms with Crippen molar-refractivity contribution in [2.75, 3.05) is 20.0 Å². The Morgan fingerprint density at radius 2 is 1.64 bits per heavy atom. The summed E-state index contributed by atoms with van der Waals surface area (Å²) in [5.74, 6) is 2.18. The van der Waals surface area contributed by atoms with Gasteiger partial charge < -0.3 is 19.9 Å². The van der Waals surface area contributed by atoms with Gasteiger partial charge in [-0.25, -0.2) is 0 Å². The molecule has 114 valence electrons. The van der Waals surface area contributed by atoms with E-state index in [1.54, 1.807) is 50.6 Å². The van der Waals surface area contributed by atoms with Gasteiger partial charge in [0.1, 0.15) is 11.5 Å². The number of nitrogens with two attached hydrogens (primary N) is 1. The molecule has 0 saturated heterocycles. The third-order valence-electron chi connectivity index (χ3n) is 3.09. The maximum Gasteiger partial charge on any atom is 0.162 e. The van der Waals surface area contributed by atoms with E-state index in [2.05, 4.69) is 18.3 Å². The minimum absolute atomic E-state index is 0.424. The monoisotopic (exact) mass is 298 g/mol. The Bertz CT molecular complexity index is 694. The Labute approximate surface area is 129 Å². The first kappa shape index (κ1) is 15.4. The fourth-order valence-corrected chi connectivity index (χ4v) is 1.96. The van der Waals surface area contributed by atoms with E-state index in [-0.39, 0.29) is 0 Å². The number of hydrogen-bond acceptors (Lipinski definition) is 5. The molecule has 2 N–H and O–H groups in total. The Morgan fingerprint density at radius 1 is 1.05 bits per heavy atom. The largest absolute Gasteiger partial charge is 0.493 e. The molecule has 5 heteroatoms. The number of nitrogen functional groups attached to an aromatic ring is 1. The van der Waals surface area contributed by atoms with Gasteiger partial charge in [-0.1, -0.05) is 6.58 Å². The lowest BCUT2D eigenvalue weighted by Crippen LogP contribution is -1.97. The standard InChI is InChI=1S/C17H18N2O3/c1-11(22-13-7-5-12(18)6-8-13)14-9-16(20-3)17(21-4)10-15(14)19-2/h5-10H,1-2,18H2,3-4H3. The van der Waals surface area contributed by atoms with Crippen molar-refractivity contribution in [3.8, 4) is 17.2 Å². The predicted molar refractivity (Wildman–Crippen MR) is 89.3 cm³/mol. The van der Waals surface area contributed by atoms with E-state index in [0.717, 1.165) is 0 Å². The van der Waals surface area contributed by atoms with Gasteiger partial charge in [-0.05, 0) is 37.0 Å². The highest BCUT2D eigenvalue weighted by Gasteiger charge is 2.14. The van der Waals surface area contributed by atoms with Crippen LogP contribution in [0.15, 0.2) is 48.0 Å². The predicted octanol–water partition coefficient (Wildman–Crippen LogP) is 3.67. The van der Waals surface area contributed by atoms with Crippen LogP contribution in [0.3, 0.4) is 0 Å². The highest BCUT2D eigenvalue weighted by Crippen LogP contribution is 2.38. The number of benzene rings is 2. The molecular weight excluding hydrogens is 280 g/mol. The molecule has 0 radical (unpaired) electrons. The average molecular weight is 298 g/mol. The van der Waals surface area contributed by atoms with Crippen LogP contribution in [0.2, 0.25) is 0 Å². The van der Waals surface area contributed by atoms with Gasteiger partial charge in [-0.3, -0.25) is 4.99 Å². The average Bonchev–Trinajstić information content (AvgIpc) is 2.55. The molecule has 2 rings (SSSR count). The van der Waals surface area contributed by atoms with Crippen LogP contribution in [0.25, 0.3) is 5.76 Å². The molecular formula is C17H18N2O3. The molecule has 5 nitrogen and oxygen atoms in total. The zero-order chi connectivity index (χ0) is 16.1. The Balaban J connectivity index is 2.35. The van der Waals surface area contributed by atoms with Crippen molar-refractivity contribution in [2.45, 2.75) is 0 Å². The molecule has 0 heterocycles. The summed E-state index contributed by atoms with van der Waals surface area (Å²) in [7, 11) is 3.12. The molecule has 0 saturated carbocycles. The van der Waals surface area contributed by atoms with Crippen LogP contribution in [0.4, 0.5) is 11.4 Å². The lowest BCUT2D eigenvalue weighted by molar-refractivity contribution is 0.355. The second-order valence-electron chi connectivity index (χ2n) is 4.48. The van der Waals surface area contributed by atoms with Crippen molar-refractivity contribution < 1.29 is 14.2 Å². The van der Waals surface area contributed by atoms with E-state index >= 15 is 0 Å². The topological polar surface area (TPSA) is 66.1 Å². The molecule has 0 aliphatic carbocycles. The van der Waals surface area contributed by atoms with E-state index in [1.165, 1.54) is 0 Å². The third kappa shape index (κ3) is 3.20. The van der Waals surface area contributed by atoms with Gasteiger partial charge in [0.05, 0.1) is 19.9 Å². The van der Waals surface area contributed by atoms with Crippen LogP contribution in [0.5, 0.6) is 17.2 Å². The SMILES string of the molecule is C=Nc1cc(OC)c(OC)cc1C(=C)Oc1ccc(N)cc1. The number of hydrogen-bond donors (Lipinski definition) is 1. The van der Waals surface area contributed by atoms with E-state index in [4.69, 9.17) is 19.9 Å². The minimum atomic E-state index is 0.424. The molecule has 2 aromatic rings. The van der Waals surface area contributed by atoms with Gasteiger partial charge in [-0.2, -0.15) is 0 Å². The van der Waals surface area contributed by atoms with Gasteiger partial charge in [0.2, 0.25) is 0 Å². The lowest BCUT2D eigenvalue weighted by Gasteiger charge is -2.15. The smallest absolute Gasteiger partial charge is 0.162 e. The van der Waals surface area contributed by atoms with Crippen molar-refractivity contribution in [3.63, 3.8) is 0 Å². The Morgan fingerprint density at radius 3 is 2.18 bits per heavy atom. The quantitative estimate of drug-likeness (QED) is 0.502. The number of aliphatic imine (C=N–C) groups is 1. The van der Waals surface area contributed by atoms with Crippen molar-refractivity contribution in [2.24, 2.45) is 4.99 Å². The van der Waals surface area contributed by atoms with Crippen molar-refractivity contribution in [1.82, 2.24) is 0 Å². The van der Waals surface area contributed by atoms with Crippen molar-refractivity contribution in [1.29, 1.82) is 0 Å². The number of ether oxygens (including phenoxy) is 3. The van der Waals surface area contributed by atoms with Crippen molar-refractivity contribution in [3.05, 3.63) is 48.5 Å². The molecule has 0 amide bonds. The number of nitrogens with zero attached hydrogens (tertiary/aromatic N) is 1. The molecule has 0 aliphatic heterocycles. The Kier molecular flexibility index (Phi) is 4.68. The molecule has 0 aromatic heterocycles. The van der Waals surface area contributed by atoms with Crippen LogP contribution in [0, 0.1) is 0 Å². The summed E-state index contributed by atoms with van der Waals surface area (Å²) < 4.78 is 16.3. The maximum absolute atomic E-state index is 5.74. The van der Waals surface area contributed by atoms with Crippen LogP contribution in [-0.4, -0.2) is 20.9 Å². The fraction of sp³-hybridized carbons (Fsp3) is 0.118. The van der Waals surface area contributed by atoms with Crippen LogP contribution in [-0.2, 0) is 0 Å². The molecule has 0 unspecified atom stereocenters. The third-order valence-corrected chi connectivity index (χ3v) is 3.09. The molecule has 0 spiro atoms. The highest BCUT2D eigenvalue weighted by molar-refractivity contribution is 5.75. The summed E-state index contributed by atoms with van der Waals surface area (Å²) in [5.41, 5.74) is 7.58. The molecule has 0 aliphatic rings. The normalized spacial score (nSPS) is 9.91. The molecule has 2 aromatic carbocycles. The number of methoxy groups -OCH3 is 2. The van der Waals surface area contributed by atoms with Crippen LogP contribution in [0.1, 0.15) is 5.56 Å². The van der Waals surface area contributed by atoms with E-state index < -0.39 is 0 Å². The van der Waals surface area contributed by atoms with Gasteiger partial charge in [0.25, 0.3) is 0 Å². The lowest BCUT2D eigenvalue weighted by atomic mass is 10.1. The van der Waals surface area contributed by atoms with Gasteiger partial charge in [0, 0.05) is 17.3 Å². The maximum atomic E-state index is 5.74. The van der Waals surface area contributed by atoms with E-state index in [0.29, 0.717) is 39.9 Å². The van der Waals surface area contributed by atoms with Crippen LogP contribution >= 0.6 is 0 Å². The van der Waals surface area contributed by atoms with E-state index in [1.807, 2.05) is 0 Å². The van der Waals surface area contributed by atoms with E-state index in [9.17, 15) is 0 Å². The fourth-order valence-electron chi connectivity index (χ4n) is 1.96. The number of anilines is 1. The summed E-state index contributed by atoms with van der Waals surface area (Å²) in [6.45, 7) is 7.51. The first-order chi connectivity index (χ1) is 10.6. The first-order valence-corrected chi connectivity index (χ1v) is 6.54. The minimum Gasteiger partial charge on any atom is -0.493 e. The number of rotatable bonds is 6. The van der Waals surface area contributed by atoms with Crippen molar-refractivity contribution >= 4 is 23.9 Å². The van der Waals surface area contributed by atoms with Gasteiger partial charge in [-0.15, -0.1) is 0 Å². The molecule has 0 fully saturated rings. The summed E-state index contributed by atoms with van der Waals surface area (Å²) in [6.07, 6.45) is 0.